The van der Waals surface area contributed by atoms with Gasteiger partial charge in [0.25, 0.3) is 5.91 Å². The summed E-state index contributed by atoms with van der Waals surface area (Å²) >= 11 is 2.84. The zero-order valence-electron chi connectivity index (χ0n) is 15.6. The molecule has 0 atom stereocenters. The number of anilines is 1. The van der Waals surface area contributed by atoms with Crippen molar-refractivity contribution in [3.63, 3.8) is 0 Å². The third kappa shape index (κ3) is 5.27. The number of fused-ring (bicyclic) bond motifs is 1. The first kappa shape index (κ1) is 20.2. The van der Waals surface area contributed by atoms with E-state index in [0.717, 1.165) is 26.4 Å². The van der Waals surface area contributed by atoms with Crippen molar-refractivity contribution in [3.8, 4) is 0 Å². The SMILES string of the molecule is CSc1ccccc1NC(=O)COC(=O)CSc1cc(C)c2ccccc2n1. The summed E-state index contributed by atoms with van der Waals surface area (Å²) < 4.78 is 5.08. The number of rotatable bonds is 7. The Bertz CT molecular complexity index is 1010. The quantitative estimate of drug-likeness (QED) is 0.454. The van der Waals surface area contributed by atoms with E-state index in [9.17, 15) is 9.59 Å². The number of thioether (sulfide) groups is 2. The average molecular weight is 413 g/mol. The molecule has 144 valence electrons. The smallest absolute Gasteiger partial charge is 0.316 e. The van der Waals surface area contributed by atoms with Crippen LogP contribution in [-0.4, -0.2) is 35.5 Å². The van der Waals surface area contributed by atoms with Gasteiger partial charge in [-0.2, -0.15) is 0 Å². The Balaban J connectivity index is 1.50. The number of esters is 1. The Morgan fingerprint density at radius 2 is 1.86 bits per heavy atom. The van der Waals surface area contributed by atoms with Gasteiger partial charge in [0.05, 0.1) is 22.0 Å². The van der Waals surface area contributed by atoms with Gasteiger partial charge in [-0.1, -0.05) is 42.1 Å². The minimum atomic E-state index is -0.453. The summed E-state index contributed by atoms with van der Waals surface area (Å²) in [6.45, 7) is 1.70. The van der Waals surface area contributed by atoms with Crippen LogP contribution in [0.3, 0.4) is 0 Å². The van der Waals surface area contributed by atoms with E-state index in [1.54, 1.807) is 0 Å². The molecule has 2 aromatic carbocycles. The van der Waals surface area contributed by atoms with Crippen molar-refractivity contribution in [2.45, 2.75) is 16.8 Å². The van der Waals surface area contributed by atoms with Crippen LogP contribution in [0.15, 0.2) is 64.5 Å². The molecule has 1 amide bonds. The predicted octanol–water partition coefficient (Wildman–Crippen LogP) is 4.54. The molecule has 5 nitrogen and oxygen atoms in total. The lowest BCUT2D eigenvalue weighted by Crippen LogP contribution is -2.21. The molecule has 1 aromatic heterocycles. The van der Waals surface area contributed by atoms with E-state index in [4.69, 9.17) is 4.74 Å². The number of aryl methyl sites for hydroxylation is 1. The lowest BCUT2D eigenvalue weighted by Gasteiger charge is -2.10. The third-order valence-electron chi connectivity index (χ3n) is 3.98. The topological polar surface area (TPSA) is 68.3 Å². The Hall–Kier alpha value is -2.51. The molecule has 0 spiro atoms. The molecule has 7 heteroatoms. The summed E-state index contributed by atoms with van der Waals surface area (Å²) in [5.74, 6) is -0.718. The number of carbonyl (C=O) groups is 2. The number of carbonyl (C=O) groups excluding carboxylic acids is 2. The number of hydrogen-bond acceptors (Lipinski definition) is 6. The van der Waals surface area contributed by atoms with Crippen LogP contribution in [0.2, 0.25) is 0 Å². The molecular formula is C21H20N2O3S2. The summed E-state index contributed by atoms with van der Waals surface area (Å²) in [5.41, 5.74) is 2.71. The van der Waals surface area contributed by atoms with E-state index in [2.05, 4.69) is 10.3 Å². The third-order valence-corrected chi connectivity index (χ3v) is 5.66. The van der Waals surface area contributed by atoms with Gasteiger partial charge in [0.15, 0.2) is 6.61 Å². The van der Waals surface area contributed by atoms with E-state index in [1.807, 2.05) is 67.8 Å². The van der Waals surface area contributed by atoms with Gasteiger partial charge in [0.2, 0.25) is 0 Å². The summed E-state index contributed by atoms with van der Waals surface area (Å²) in [6.07, 6.45) is 1.94. The molecule has 28 heavy (non-hydrogen) atoms. The van der Waals surface area contributed by atoms with E-state index in [0.29, 0.717) is 5.69 Å². The molecule has 0 aliphatic carbocycles. The van der Waals surface area contributed by atoms with Gasteiger partial charge in [-0.3, -0.25) is 9.59 Å². The summed E-state index contributed by atoms with van der Waals surface area (Å²) in [4.78, 5) is 29.5. The van der Waals surface area contributed by atoms with E-state index in [1.165, 1.54) is 23.5 Å². The molecule has 3 rings (SSSR count). The lowest BCUT2D eigenvalue weighted by molar-refractivity contribution is -0.144. The van der Waals surface area contributed by atoms with Crippen molar-refractivity contribution in [3.05, 3.63) is 60.2 Å². The maximum Gasteiger partial charge on any atom is 0.316 e. The zero-order valence-corrected chi connectivity index (χ0v) is 17.2. The predicted molar refractivity (Wildman–Crippen MR) is 115 cm³/mol. The Morgan fingerprint density at radius 1 is 1.11 bits per heavy atom. The van der Waals surface area contributed by atoms with Crippen LogP contribution < -0.4 is 5.32 Å². The van der Waals surface area contributed by atoms with Gasteiger partial charge in [-0.05, 0) is 43.0 Å². The van der Waals surface area contributed by atoms with E-state index >= 15 is 0 Å². The van der Waals surface area contributed by atoms with Crippen molar-refractivity contribution in [2.24, 2.45) is 0 Å². The maximum atomic E-state index is 12.0. The van der Waals surface area contributed by atoms with Crippen molar-refractivity contribution < 1.29 is 14.3 Å². The van der Waals surface area contributed by atoms with E-state index in [-0.39, 0.29) is 18.3 Å². The average Bonchev–Trinajstić information content (AvgIpc) is 2.71. The first-order chi connectivity index (χ1) is 13.6. The molecule has 0 saturated heterocycles. The van der Waals surface area contributed by atoms with Crippen LogP contribution in [-0.2, 0) is 14.3 Å². The van der Waals surface area contributed by atoms with Gasteiger partial charge >= 0.3 is 5.97 Å². The Kier molecular flexibility index (Phi) is 6.95. The van der Waals surface area contributed by atoms with Crippen LogP contribution >= 0.6 is 23.5 Å². The summed E-state index contributed by atoms with van der Waals surface area (Å²) in [7, 11) is 0. The van der Waals surface area contributed by atoms with Crippen molar-refractivity contribution in [2.75, 3.05) is 23.9 Å². The fraction of sp³-hybridized carbons (Fsp3) is 0.190. The summed E-state index contributed by atoms with van der Waals surface area (Å²) in [6, 6.07) is 17.3. The highest BCUT2D eigenvalue weighted by atomic mass is 32.2. The first-order valence-electron chi connectivity index (χ1n) is 8.64. The molecular weight excluding hydrogens is 392 g/mol. The summed E-state index contributed by atoms with van der Waals surface area (Å²) in [5, 5.41) is 4.61. The molecule has 0 aliphatic heterocycles. The standard InChI is InChI=1S/C21H20N2O3S2/c1-14-11-20(23-16-8-4-3-7-15(14)16)28-13-21(25)26-12-19(24)22-17-9-5-6-10-18(17)27-2/h3-11H,12-13H2,1-2H3,(H,22,24). The fourth-order valence-electron chi connectivity index (χ4n) is 2.65. The first-order valence-corrected chi connectivity index (χ1v) is 10.9. The molecule has 1 heterocycles. The molecule has 1 N–H and O–H groups in total. The molecule has 0 unspecified atom stereocenters. The molecule has 0 radical (unpaired) electrons. The van der Waals surface area contributed by atoms with Gasteiger partial charge in [-0.15, -0.1) is 11.8 Å². The van der Waals surface area contributed by atoms with Crippen molar-refractivity contribution >= 4 is 52.0 Å². The van der Waals surface area contributed by atoms with Gasteiger partial charge in [0.1, 0.15) is 0 Å². The van der Waals surface area contributed by atoms with Crippen LogP contribution in [0.25, 0.3) is 10.9 Å². The normalized spacial score (nSPS) is 10.6. The zero-order chi connectivity index (χ0) is 19.9. The number of nitrogens with zero attached hydrogens (tertiary/aromatic N) is 1. The van der Waals surface area contributed by atoms with E-state index < -0.39 is 5.97 Å². The molecule has 0 aliphatic rings. The molecule has 3 aromatic rings. The van der Waals surface area contributed by atoms with Gasteiger partial charge in [0, 0.05) is 10.3 Å². The van der Waals surface area contributed by atoms with Crippen molar-refractivity contribution in [1.29, 1.82) is 0 Å². The number of amides is 1. The number of hydrogen-bond donors (Lipinski definition) is 1. The second kappa shape index (κ2) is 9.61. The van der Waals surface area contributed by atoms with Gasteiger partial charge < -0.3 is 10.1 Å². The highest BCUT2D eigenvalue weighted by Crippen LogP contribution is 2.25. The number of nitrogens with one attached hydrogen (secondary N) is 1. The van der Waals surface area contributed by atoms with Gasteiger partial charge in [-0.25, -0.2) is 4.98 Å². The lowest BCUT2D eigenvalue weighted by atomic mass is 10.1. The molecule has 0 saturated carbocycles. The number of aromatic nitrogens is 1. The van der Waals surface area contributed by atoms with Crippen LogP contribution in [0.1, 0.15) is 5.56 Å². The van der Waals surface area contributed by atoms with Crippen molar-refractivity contribution in [1.82, 2.24) is 4.98 Å². The largest absolute Gasteiger partial charge is 0.455 e. The second-order valence-electron chi connectivity index (χ2n) is 5.99. The van der Waals surface area contributed by atoms with Crippen LogP contribution in [0.4, 0.5) is 5.69 Å². The molecule has 0 bridgehead atoms. The maximum absolute atomic E-state index is 12.0. The number of ether oxygens (including phenoxy) is 1. The minimum Gasteiger partial charge on any atom is -0.455 e. The highest BCUT2D eigenvalue weighted by molar-refractivity contribution is 7.99. The second-order valence-corrected chi connectivity index (χ2v) is 7.84. The van der Waals surface area contributed by atoms with Crippen LogP contribution in [0, 0.1) is 6.92 Å². The Morgan fingerprint density at radius 3 is 2.68 bits per heavy atom. The fourth-order valence-corrected chi connectivity index (χ4v) is 3.97. The number of para-hydroxylation sites is 2. The number of benzene rings is 2. The monoisotopic (exact) mass is 412 g/mol. The molecule has 0 fully saturated rings. The number of pyridine rings is 1. The highest BCUT2D eigenvalue weighted by Gasteiger charge is 2.11. The minimum absolute atomic E-state index is 0.0967. The van der Waals surface area contributed by atoms with Crippen LogP contribution in [0.5, 0.6) is 0 Å². The Labute approximate surface area is 172 Å².